The van der Waals surface area contributed by atoms with Crippen molar-refractivity contribution in [1.29, 1.82) is 0 Å². The van der Waals surface area contributed by atoms with Crippen LogP contribution in [0.4, 0.5) is 5.69 Å². The fourth-order valence-electron chi connectivity index (χ4n) is 2.67. The predicted octanol–water partition coefficient (Wildman–Crippen LogP) is 4.30. The number of hydrogen-bond acceptors (Lipinski definition) is 5. The smallest absolute Gasteiger partial charge is 0.262 e. The van der Waals surface area contributed by atoms with Gasteiger partial charge in [-0.15, -0.1) is 0 Å². The Labute approximate surface area is 170 Å². The van der Waals surface area contributed by atoms with Crippen LogP contribution < -0.4 is 24.3 Å². The van der Waals surface area contributed by atoms with E-state index >= 15 is 0 Å². The van der Waals surface area contributed by atoms with Crippen molar-refractivity contribution in [1.82, 2.24) is 0 Å². The van der Waals surface area contributed by atoms with Gasteiger partial charge in [0.25, 0.3) is 5.91 Å². The molecular formula is C23H23NO5. The lowest BCUT2D eigenvalue weighted by molar-refractivity contribution is -0.118. The first-order valence-corrected chi connectivity index (χ1v) is 9.10. The molecule has 0 radical (unpaired) electrons. The maximum Gasteiger partial charge on any atom is 0.262 e. The topological polar surface area (TPSA) is 66.0 Å². The number of rotatable bonds is 9. The lowest BCUT2D eigenvalue weighted by Gasteiger charge is -2.14. The molecule has 0 atom stereocenters. The first-order chi connectivity index (χ1) is 14.2. The summed E-state index contributed by atoms with van der Waals surface area (Å²) in [6, 6.07) is 22.4. The van der Waals surface area contributed by atoms with Gasteiger partial charge in [-0.2, -0.15) is 0 Å². The summed E-state index contributed by atoms with van der Waals surface area (Å²) in [6.07, 6.45) is 0. The van der Waals surface area contributed by atoms with E-state index in [2.05, 4.69) is 5.32 Å². The quantitative estimate of drug-likeness (QED) is 0.587. The molecule has 0 heterocycles. The third-order valence-electron chi connectivity index (χ3n) is 4.12. The van der Waals surface area contributed by atoms with Gasteiger partial charge in [0.05, 0.1) is 14.2 Å². The normalized spacial score (nSPS) is 10.1. The number of anilines is 1. The van der Waals surface area contributed by atoms with Crippen molar-refractivity contribution in [2.24, 2.45) is 0 Å². The van der Waals surface area contributed by atoms with Gasteiger partial charge in [-0.25, -0.2) is 0 Å². The van der Waals surface area contributed by atoms with E-state index in [1.165, 1.54) is 14.2 Å². The Morgan fingerprint density at radius 1 is 0.793 bits per heavy atom. The highest BCUT2D eigenvalue weighted by Crippen LogP contribution is 2.36. The summed E-state index contributed by atoms with van der Waals surface area (Å²) in [5.41, 5.74) is 1.74. The maximum absolute atomic E-state index is 12.2. The van der Waals surface area contributed by atoms with E-state index in [-0.39, 0.29) is 12.5 Å². The second-order valence-electron chi connectivity index (χ2n) is 6.13. The van der Waals surface area contributed by atoms with E-state index in [0.29, 0.717) is 29.5 Å². The number of para-hydroxylation sites is 1. The minimum absolute atomic E-state index is 0.178. The molecule has 0 aromatic heterocycles. The summed E-state index contributed by atoms with van der Waals surface area (Å²) in [7, 11) is 3.06. The van der Waals surface area contributed by atoms with Crippen LogP contribution in [0.25, 0.3) is 0 Å². The van der Waals surface area contributed by atoms with Crippen LogP contribution in [-0.2, 0) is 11.4 Å². The zero-order valence-corrected chi connectivity index (χ0v) is 16.4. The van der Waals surface area contributed by atoms with Gasteiger partial charge < -0.3 is 24.3 Å². The van der Waals surface area contributed by atoms with Gasteiger partial charge in [0.15, 0.2) is 18.1 Å². The average Bonchev–Trinajstić information content (AvgIpc) is 2.77. The number of methoxy groups -OCH3 is 2. The van der Waals surface area contributed by atoms with Crippen LogP contribution in [0.1, 0.15) is 5.56 Å². The van der Waals surface area contributed by atoms with Gasteiger partial charge in [0.1, 0.15) is 12.4 Å². The lowest BCUT2D eigenvalue weighted by Crippen LogP contribution is -2.20. The summed E-state index contributed by atoms with van der Waals surface area (Å²) < 4.78 is 21.9. The Hall–Kier alpha value is -3.67. The van der Waals surface area contributed by atoms with Gasteiger partial charge in [-0.05, 0) is 42.0 Å². The molecule has 0 unspecified atom stereocenters. The third-order valence-corrected chi connectivity index (χ3v) is 4.12. The van der Waals surface area contributed by atoms with Crippen LogP contribution in [0, 0.1) is 0 Å². The number of carbonyl (C=O) groups is 1. The van der Waals surface area contributed by atoms with E-state index in [9.17, 15) is 4.79 Å². The SMILES string of the molecule is COc1cccc(OC)c1OCC(=O)Nc1ccc(OCc2ccccc2)cc1. The summed E-state index contributed by atoms with van der Waals surface area (Å²) >= 11 is 0. The minimum atomic E-state index is -0.295. The number of hydrogen-bond donors (Lipinski definition) is 1. The molecule has 0 aliphatic heterocycles. The molecule has 29 heavy (non-hydrogen) atoms. The van der Waals surface area contributed by atoms with Crippen molar-refractivity contribution in [2.75, 3.05) is 26.1 Å². The van der Waals surface area contributed by atoms with Crippen LogP contribution in [0.5, 0.6) is 23.0 Å². The second-order valence-corrected chi connectivity index (χ2v) is 6.13. The molecule has 6 heteroatoms. The average molecular weight is 393 g/mol. The van der Waals surface area contributed by atoms with Gasteiger partial charge in [0.2, 0.25) is 5.75 Å². The van der Waals surface area contributed by atoms with Crippen LogP contribution in [0.2, 0.25) is 0 Å². The standard InChI is InChI=1S/C23H23NO5/c1-26-20-9-6-10-21(27-2)23(20)29-16-22(25)24-18-11-13-19(14-12-18)28-15-17-7-4-3-5-8-17/h3-14H,15-16H2,1-2H3,(H,24,25). The van der Waals surface area contributed by atoms with Crippen LogP contribution in [0.15, 0.2) is 72.8 Å². The zero-order valence-electron chi connectivity index (χ0n) is 16.4. The molecule has 1 N–H and O–H groups in total. The molecule has 3 aromatic carbocycles. The molecule has 0 aliphatic rings. The summed E-state index contributed by atoms with van der Waals surface area (Å²) in [6.45, 7) is 0.310. The number of amides is 1. The Balaban J connectivity index is 1.52. The Kier molecular flexibility index (Phi) is 6.95. The van der Waals surface area contributed by atoms with Gasteiger partial charge >= 0.3 is 0 Å². The summed E-state index contributed by atoms with van der Waals surface area (Å²) in [5.74, 6) is 1.81. The van der Waals surface area contributed by atoms with E-state index in [0.717, 1.165) is 11.3 Å². The molecule has 0 spiro atoms. The van der Waals surface area contributed by atoms with Gasteiger partial charge in [0, 0.05) is 5.69 Å². The van der Waals surface area contributed by atoms with E-state index < -0.39 is 0 Å². The van der Waals surface area contributed by atoms with Gasteiger partial charge in [-0.1, -0.05) is 36.4 Å². The van der Waals surface area contributed by atoms with Crippen LogP contribution in [0.3, 0.4) is 0 Å². The largest absolute Gasteiger partial charge is 0.493 e. The number of nitrogens with one attached hydrogen (secondary N) is 1. The van der Waals surface area contributed by atoms with E-state index in [1.54, 1.807) is 30.3 Å². The van der Waals surface area contributed by atoms with Crippen LogP contribution in [-0.4, -0.2) is 26.7 Å². The Morgan fingerprint density at radius 2 is 1.45 bits per heavy atom. The van der Waals surface area contributed by atoms with Crippen molar-refractivity contribution in [2.45, 2.75) is 6.61 Å². The minimum Gasteiger partial charge on any atom is -0.493 e. The molecule has 0 bridgehead atoms. The predicted molar refractivity (Wildman–Crippen MR) is 111 cm³/mol. The summed E-state index contributed by atoms with van der Waals surface area (Å²) in [4.78, 5) is 12.2. The molecule has 0 saturated heterocycles. The number of ether oxygens (including phenoxy) is 4. The second kappa shape index (κ2) is 10.0. The van der Waals surface area contributed by atoms with E-state index in [1.807, 2.05) is 42.5 Å². The molecule has 6 nitrogen and oxygen atoms in total. The zero-order chi connectivity index (χ0) is 20.5. The lowest BCUT2D eigenvalue weighted by atomic mass is 10.2. The van der Waals surface area contributed by atoms with E-state index in [4.69, 9.17) is 18.9 Å². The molecule has 0 aliphatic carbocycles. The van der Waals surface area contributed by atoms with Crippen molar-refractivity contribution < 1.29 is 23.7 Å². The Morgan fingerprint density at radius 3 is 2.07 bits per heavy atom. The maximum atomic E-state index is 12.2. The van der Waals surface area contributed by atoms with Gasteiger partial charge in [-0.3, -0.25) is 4.79 Å². The first kappa shape index (κ1) is 20.1. The van der Waals surface area contributed by atoms with Crippen molar-refractivity contribution in [3.63, 3.8) is 0 Å². The fraction of sp³-hybridized carbons (Fsp3) is 0.174. The highest BCUT2D eigenvalue weighted by molar-refractivity contribution is 5.92. The third kappa shape index (κ3) is 5.65. The summed E-state index contributed by atoms with van der Waals surface area (Å²) in [5, 5.41) is 2.79. The van der Waals surface area contributed by atoms with Crippen LogP contribution >= 0.6 is 0 Å². The fourth-order valence-corrected chi connectivity index (χ4v) is 2.67. The molecule has 3 rings (SSSR count). The monoisotopic (exact) mass is 393 g/mol. The van der Waals surface area contributed by atoms with Crippen molar-refractivity contribution in [3.05, 3.63) is 78.4 Å². The molecule has 3 aromatic rings. The molecule has 1 amide bonds. The number of carbonyl (C=O) groups excluding carboxylic acids is 1. The molecule has 0 fully saturated rings. The number of benzene rings is 3. The molecule has 0 saturated carbocycles. The molecule has 150 valence electrons. The Bertz CT molecular complexity index is 904. The van der Waals surface area contributed by atoms with Crippen molar-refractivity contribution in [3.8, 4) is 23.0 Å². The first-order valence-electron chi connectivity index (χ1n) is 9.10. The molecular weight excluding hydrogens is 370 g/mol. The highest BCUT2D eigenvalue weighted by atomic mass is 16.5. The van der Waals surface area contributed by atoms with Crippen molar-refractivity contribution >= 4 is 11.6 Å². The highest BCUT2D eigenvalue weighted by Gasteiger charge is 2.13.